The van der Waals surface area contributed by atoms with E-state index in [4.69, 9.17) is 0 Å². The summed E-state index contributed by atoms with van der Waals surface area (Å²) in [6.07, 6.45) is 13.7. The van der Waals surface area contributed by atoms with Crippen LogP contribution in [0.4, 0.5) is 22.0 Å². The molecule has 3 aliphatic carbocycles. The van der Waals surface area contributed by atoms with E-state index in [1.807, 2.05) is 0 Å². The Kier molecular flexibility index (Phi) is 8.24. The Balaban J connectivity index is 1.30. The van der Waals surface area contributed by atoms with Crippen LogP contribution in [0.3, 0.4) is 0 Å². The highest BCUT2D eigenvalue weighted by Gasteiger charge is 2.40. The highest BCUT2D eigenvalue weighted by atomic mass is 19.4. The molecule has 0 N–H and O–H groups in total. The van der Waals surface area contributed by atoms with Crippen LogP contribution in [0.2, 0.25) is 0 Å². The number of halogens is 5. The van der Waals surface area contributed by atoms with Crippen molar-refractivity contribution in [3.8, 4) is 5.75 Å². The molecule has 3 saturated carbocycles. The van der Waals surface area contributed by atoms with Crippen molar-refractivity contribution < 1.29 is 26.7 Å². The maximum absolute atomic E-state index is 14.2. The highest BCUT2D eigenvalue weighted by Crippen LogP contribution is 2.51. The van der Waals surface area contributed by atoms with Crippen LogP contribution in [0.5, 0.6) is 5.75 Å². The lowest BCUT2D eigenvalue weighted by molar-refractivity contribution is -0.276. The Hall–Kier alpha value is -1.59. The third-order valence-electron chi connectivity index (χ3n) is 8.90. The molecule has 190 valence electrons. The summed E-state index contributed by atoms with van der Waals surface area (Å²) in [5.41, 5.74) is 0.460. The highest BCUT2D eigenvalue weighted by molar-refractivity contribution is 5.33. The van der Waals surface area contributed by atoms with Crippen LogP contribution in [0, 0.1) is 41.2 Å². The Morgan fingerprint density at radius 1 is 0.824 bits per heavy atom. The quantitative estimate of drug-likeness (QED) is 0.289. The van der Waals surface area contributed by atoms with Gasteiger partial charge in [0.25, 0.3) is 0 Å². The Morgan fingerprint density at radius 2 is 1.38 bits per heavy atom. The van der Waals surface area contributed by atoms with Gasteiger partial charge in [0, 0.05) is 0 Å². The fourth-order valence-electron chi connectivity index (χ4n) is 7.13. The van der Waals surface area contributed by atoms with Gasteiger partial charge in [-0.05, 0) is 124 Å². The molecule has 0 heterocycles. The third kappa shape index (κ3) is 6.34. The minimum Gasteiger partial charge on any atom is -0.399 e. The molecule has 0 spiro atoms. The number of alkyl halides is 3. The van der Waals surface area contributed by atoms with Gasteiger partial charge in [0.2, 0.25) is 5.75 Å². The molecule has 6 heteroatoms. The molecule has 0 aromatic heterocycles. The van der Waals surface area contributed by atoms with Gasteiger partial charge in [-0.25, -0.2) is 8.78 Å². The summed E-state index contributed by atoms with van der Waals surface area (Å²) < 4.78 is 69.3. The van der Waals surface area contributed by atoms with E-state index in [2.05, 4.69) is 23.8 Å². The largest absolute Gasteiger partial charge is 0.573 e. The predicted octanol–water partition coefficient (Wildman–Crippen LogP) is 9.33. The molecule has 34 heavy (non-hydrogen) atoms. The zero-order chi connectivity index (χ0) is 24.3. The van der Waals surface area contributed by atoms with Gasteiger partial charge in [-0.1, -0.05) is 25.0 Å². The maximum Gasteiger partial charge on any atom is 0.573 e. The van der Waals surface area contributed by atoms with Crippen molar-refractivity contribution in [1.82, 2.24) is 0 Å². The molecule has 1 aromatic carbocycles. The molecule has 0 saturated heterocycles. The molecule has 4 unspecified atom stereocenters. The van der Waals surface area contributed by atoms with E-state index in [9.17, 15) is 22.0 Å². The van der Waals surface area contributed by atoms with Crippen molar-refractivity contribution in [1.29, 1.82) is 0 Å². The van der Waals surface area contributed by atoms with E-state index >= 15 is 0 Å². The van der Waals surface area contributed by atoms with Crippen molar-refractivity contribution in [2.45, 2.75) is 96.3 Å². The van der Waals surface area contributed by atoms with Crippen molar-refractivity contribution >= 4 is 0 Å². The van der Waals surface area contributed by atoms with Crippen LogP contribution in [0.1, 0.15) is 95.5 Å². The van der Waals surface area contributed by atoms with Gasteiger partial charge in [0.1, 0.15) is 0 Å². The number of hydrogen-bond acceptors (Lipinski definition) is 1. The summed E-state index contributed by atoms with van der Waals surface area (Å²) >= 11 is 0. The molecule has 0 aliphatic heterocycles. The van der Waals surface area contributed by atoms with Gasteiger partial charge >= 0.3 is 6.36 Å². The molecule has 4 atom stereocenters. The van der Waals surface area contributed by atoms with Crippen LogP contribution >= 0.6 is 0 Å². The van der Waals surface area contributed by atoms with Gasteiger partial charge in [0.15, 0.2) is 11.6 Å². The molecule has 0 bridgehead atoms. The summed E-state index contributed by atoms with van der Waals surface area (Å²) in [7, 11) is 0. The van der Waals surface area contributed by atoms with Crippen LogP contribution < -0.4 is 4.74 Å². The molecular formula is C28H37F5O. The normalized spacial score (nSPS) is 32.5. The van der Waals surface area contributed by atoms with Gasteiger partial charge in [-0.3, -0.25) is 0 Å². The van der Waals surface area contributed by atoms with E-state index in [1.54, 1.807) is 0 Å². The number of rotatable bonds is 6. The van der Waals surface area contributed by atoms with Crippen molar-refractivity contribution in [3.05, 3.63) is 41.5 Å². The summed E-state index contributed by atoms with van der Waals surface area (Å²) in [6, 6.07) is 2.07. The predicted molar refractivity (Wildman–Crippen MR) is 123 cm³/mol. The second-order valence-electron chi connectivity index (χ2n) is 10.9. The SMILES string of the molecule is C/C=C/CCC1CCC(C2CCC3CC(c4cc(F)c(OC(F)(F)F)c(F)c4)CCC3C2)CC1. The summed E-state index contributed by atoms with van der Waals surface area (Å²) in [4.78, 5) is 0. The number of fused-ring (bicyclic) bond motifs is 1. The lowest BCUT2D eigenvalue weighted by atomic mass is 9.60. The summed E-state index contributed by atoms with van der Waals surface area (Å²) in [5.74, 6) is -0.165. The fraction of sp³-hybridized carbons (Fsp3) is 0.714. The van der Waals surface area contributed by atoms with Gasteiger partial charge < -0.3 is 4.74 Å². The molecular weight excluding hydrogens is 447 g/mol. The van der Waals surface area contributed by atoms with E-state index in [-0.39, 0.29) is 5.92 Å². The van der Waals surface area contributed by atoms with E-state index in [0.717, 1.165) is 55.6 Å². The van der Waals surface area contributed by atoms with Gasteiger partial charge in [0.05, 0.1) is 0 Å². The zero-order valence-electron chi connectivity index (χ0n) is 20.1. The average molecular weight is 485 g/mol. The Morgan fingerprint density at radius 3 is 2.00 bits per heavy atom. The lowest BCUT2D eigenvalue weighted by Gasteiger charge is -2.45. The first-order chi connectivity index (χ1) is 16.2. The third-order valence-corrected chi connectivity index (χ3v) is 8.90. The number of ether oxygens (including phenoxy) is 1. The van der Waals surface area contributed by atoms with E-state index < -0.39 is 23.7 Å². The number of allylic oxidation sites excluding steroid dienone is 2. The second kappa shape index (κ2) is 11.0. The minimum atomic E-state index is -5.12. The molecule has 1 nitrogen and oxygen atoms in total. The Bertz CT molecular complexity index is 817. The minimum absolute atomic E-state index is 0.00524. The molecule has 1 aromatic rings. The summed E-state index contributed by atoms with van der Waals surface area (Å²) in [5, 5.41) is 0. The first-order valence-corrected chi connectivity index (χ1v) is 13.1. The topological polar surface area (TPSA) is 9.23 Å². The maximum atomic E-state index is 14.2. The van der Waals surface area contributed by atoms with Crippen molar-refractivity contribution in [3.63, 3.8) is 0 Å². The molecule has 0 amide bonds. The van der Waals surface area contributed by atoms with Crippen LogP contribution in [0.25, 0.3) is 0 Å². The average Bonchev–Trinajstić information content (AvgIpc) is 2.80. The first-order valence-electron chi connectivity index (χ1n) is 13.1. The summed E-state index contributed by atoms with van der Waals surface area (Å²) in [6.45, 7) is 2.08. The number of benzene rings is 1. The molecule has 0 radical (unpaired) electrons. The van der Waals surface area contributed by atoms with Crippen molar-refractivity contribution in [2.75, 3.05) is 0 Å². The monoisotopic (exact) mass is 484 g/mol. The van der Waals surface area contributed by atoms with Crippen LogP contribution in [-0.4, -0.2) is 6.36 Å². The van der Waals surface area contributed by atoms with Crippen molar-refractivity contribution in [2.24, 2.45) is 29.6 Å². The van der Waals surface area contributed by atoms with E-state index in [1.165, 1.54) is 51.4 Å². The first kappa shape index (κ1) is 25.5. The Labute approximate surface area is 200 Å². The van der Waals surface area contributed by atoms with Gasteiger partial charge in [-0.15, -0.1) is 13.2 Å². The smallest absolute Gasteiger partial charge is 0.399 e. The fourth-order valence-corrected chi connectivity index (χ4v) is 7.13. The zero-order valence-corrected chi connectivity index (χ0v) is 20.1. The molecule has 3 fully saturated rings. The van der Waals surface area contributed by atoms with Gasteiger partial charge in [-0.2, -0.15) is 0 Å². The van der Waals surface area contributed by atoms with Crippen LogP contribution in [0.15, 0.2) is 24.3 Å². The standard InChI is InChI=1S/C28H37F5O/c1-2-3-4-5-18-6-8-19(9-7-18)20-10-11-22-15-23(13-12-21(22)14-20)24-16-25(29)27(26(30)17-24)34-28(31,32)33/h2-3,16-23H,4-15H2,1H3/b3-2+. The molecule has 3 aliphatic rings. The van der Waals surface area contributed by atoms with E-state index in [0.29, 0.717) is 17.4 Å². The lowest BCUT2D eigenvalue weighted by Crippen LogP contribution is -2.34. The number of hydrogen-bond donors (Lipinski definition) is 0. The molecule has 4 rings (SSSR count). The second-order valence-corrected chi connectivity index (χ2v) is 10.9. The van der Waals surface area contributed by atoms with Crippen LogP contribution in [-0.2, 0) is 0 Å².